The van der Waals surface area contributed by atoms with Gasteiger partial charge in [-0.2, -0.15) is 0 Å². The molecule has 1 aromatic carbocycles. The van der Waals surface area contributed by atoms with E-state index in [9.17, 15) is 14.4 Å². The molecular weight excluding hydrogens is 364 g/mol. The van der Waals surface area contributed by atoms with E-state index in [-0.39, 0.29) is 11.5 Å². The average Bonchev–Trinajstić information content (AvgIpc) is 3.43. The number of pyridine rings is 1. The largest absolute Gasteiger partial charge is 0.467 e. The number of rotatable bonds is 5. The number of esters is 1. The number of carbonyl (C=O) groups excluding carboxylic acids is 2. The molecule has 1 saturated carbocycles. The van der Waals surface area contributed by atoms with E-state index in [1.807, 2.05) is 18.2 Å². The lowest BCUT2D eigenvalue weighted by Gasteiger charge is -2.17. The molecule has 0 spiro atoms. The van der Waals surface area contributed by atoms with Crippen LogP contribution in [0.4, 0.5) is 0 Å². The third kappa shape index (κ3) is 3.39. The number of thioether (sulfide) groups is 1. The summed E-state index contributed by atoms with van der Waals surface area (Å²) in [4.78, 5) is 37.1. The molecule has 2 aliphatic rings. The predicted octanol–water partition coefficient (Wildman–Crippen LogP) is 2.48. The van der Waals surface area contributed by atoms with Crippen LogP contribution < -0.4 is 10.9 Å². The van der Waals surface area contributed by atoms with Crippen LogP contribution in [-0.4, -0.2) is 29.3 Å². The molecule has 4 rings (SSSR count). The minimum absolute atomic E-state index is 0.168. The average molecular weight is 384 g/mol. The first kappa shape index (κ1) is 17.9. The van der Waals surface area contributed by atoms with Crippen molar-refractivity contribution in [2.24, 2.45) is 0 Å². The highest BCUT2D eigenvalue weighted by Crippen LogP contribution is 2.48. The van der Waals surface area contributed by atoms with Gasteiger partial charge in [0.2, 0.25) is 0 Å². The van der Waals surface area contributed by atoms with E-state index >= 15 is 0 Å². The van der Waals surface area contributed by atoms with Gasteiger partial charge in [0.1, 0.15) is 6.04 Å². The zero-order chi connectivity index (χ0) is 19.0. The van der Waals surface area contributed by atoms with Gasteiger partial charge in [0.15, 0.2) is 0 Å². The molecule has 0 unspecified atom stereocenters. The highest BCUT2D eigenvalue weighted by atomic mass is 32.2. The van der Waals surface area contributed by atoms with Gasteiger partial charge in [0, 0.05) is 23.9 Å². The maximum Gasteiger partial charge on any atom is 0.329 e. The zero-order valence-electron chi connectivity index (χ0n) is 14.9. The third-order valence-electron chi connectivity index (χ3n) is 4.95. The number of amides is 1. The monoisotopic (exact) mass is 384 g/mol. The summed E-state index contributed by atoms with van der Waals surface area (Å²) in [6.45, 7) is 0.298. The Labute approximate surface area is 160 Å². The predicted molar refractivity (Wildman–Crippen MR) is 102 cm³/mol. The summed E-state index contributed by atoms with van der Waals surface area (Å²) < 4.78 is 6.41. The molecule has 140 valence electrons. The Bertz CT molecular complexity index is 950. The maximum atomic E-state index is 12.7. The van der Waals surface area contributed by atoms with E-state index in [1.165, 1.54) is 18.9 Å². The number of methoxy groups -OCH3 is 1. The molecule has 7 heteroatoms. The van der Waals surface area contributed by atoms with Gasteiger partial charge in [-0.25, -0.2) is 4.79 Å². The number of fused-ring (bicyclic) bond motifs is 1. The van der Waals surface area contributed by atoms with Gasteiger partial charge >= 0.3 is 5.97 Å². The molecule has 0 bridgehead atoms. The molecule has 1 fully saturated rings. The first-order valence-electron chi connectivity index (χ1n) is 8.92. The third-order valence-corrected chi connectivity index (χ3v) is 6.13. The number of nitrogens with zero attached hydrogens (tertiary/aromatic N) is 1. The van der Waals surface area contributed by atoms with Gasteiger partial charge in [0.05, 0.1) is 12.1 Å². The first-order valence-corrected chi connectivity index (χ1v) is 9.91. The van der Waals surface area contributed by atoms with Gasteiger partial charge in [-0.3, -0.25) is 14.2 Å². The highest BCUT2D eigenvalue weighted by Gasteiger charge is 2.38. The molecule has 1 atom stereocenters. The molecule has 2 aromatic rings. The summed E-state index contributed by atoms with van der Waals surface area (Å²) in [5.41, 5.74) is 2.30. The zero-order valence-corrected chi connectivity index (χ0v) is 15.8. The number of aromatic nitrogens is 1. The van der Waals surface area contributed by atoms with Crippen LogP contribution in [0.3, 0.4) is 0 Å². The molecule has 0 saturated heterocycles. The summed E-state index contributed by atoms with van der Waals surface area (Å²) >= 11 is 1.52. The standard InChI is InChI=1S/C20H20N2O4S/c1-26-20(25)15-11-27-19-17(12-7-8-12)14(9-16(23)22(15)19)10-21-18(24)13-5-3-2-4-6-13/h2-6,9,12,15H,7-8,10-11H2,1H3,(H,21,24)/t15-/m0/s1. The number of hydrogen-bond acceptors (Lipinski definition) is 5. The van der Waals surface area contributed by atoms with Crippen LogP contribution in [0.1, 0.15) is 46.3 Å². The van der Waals surface area contributed by atoms with Gasteiger partial charge in [-0.05, 0) is 42.0 Å². The Balaban J connectivity index is 1.64. The second-order valence-corrected chi connectivity index (χ2v) is 7.78. The van der Waals surface area contributed by atoms with Crippen molar-refractivity contribution in [3.05, 3.63) is 63.4 Å². The fraction of sp³-hybridized carbons (Fsp3) is 0.350. The Morgan fingerprint density at radius 3 is 2.67 bits per heavy atom. The Morgan fingerprint density at radius 1 is 1.26 bits per heavy atom. The lowest BCUT2D eigenvalue weighted by Crippen LogP contribution is -2.31. The van der Waals surface area contributed by atoms with E-state index in [0.717, 1.165) is 29.0 Å². The van der Waals surface area contributed by atoms with Gasteiger partial charge in [-0.15, -0.1) is 11.8 Å². The van der Waals surface area contributed by atoms with Crippen LogP contribution in [0.15, 0.2) is 46.2 Å². The highest BCUT2D eigenvalue weighted by molar-refractivity contribution is 7.99. The fourth-order valence-corrected chi connectivity index (χ4v) is 4.88. The second-order valence-electron chi connectivity index (χ2n) is 6.77. The van der Waals surface area contributed by atoms with Crippen LogP contribution in [0.25, 0.3) is 0 Å². The smallest absolute Gasteiger partial charge is 0.329 e. The number of nitrogens with one attached hydrogen (secondary N) is 1. The molecular formula is C20H20N2O4S. The van der Waals surface area contributed by atoms with Crippen molar-refractivity contribution in [2.75, 3.05) is 12.9 Å². The normalized spacial score (nSPS) is 18.0. The topological polar surface area (TPSA) is 77.4 Å². The lowest BCUT2D eigenvalue weighted by molar-refractivity contribution is -0.143. The number of hydrogen-bond donors (Lipinski definition) is 1. The van der Waals surface area contributed by atoms with Crippen LogP contribution >= 0.6 is 11.8 Å². The number of carbonyl (C=O) groups is 2. The van der Waals surface area contributed by atoms with E-state index in [0.29, 0.717) is 23.8 Å². The van der Waals surface area contributed by atoms with Crippen LogP contribution in [-0.2, 0) is 16.1 Å². The minimum Gasteiger partial charge on any atom is -0.467 e. The van der Waals surface area contributed by atoms with Crippen LogP contribution in [0.5, 0.6) is 0 Å². The first-order chi connectivity index (χ1) is 13.1. The summed E-state index contributed by atoms with van der Waals surface area (Å²) in [5, 5.41) is 3.77. The molecule has 27 heavy (non-hydrogen) atoms. The molecule has 1 aliphatic heterocycles. The maximum absolute atomic E-state index is 12.7. The van der Waals surface area contributed by atoms with Crippen molar-refractivity contribution in [1.29, 1.82) is 0 Å². The molecule has 6 nitrogen and oxygen atoms in total. The van der Waals surface area contributed by atoms with Crippen molar-refractivity contribution in [3.8, 4) is 0 Å². The Kier molecular flexibility index (Phi) is 4.78. The SMILES string of the molecule is COC(=O)[C@@H]1CSc2c(C3CC3)c(CNC(=O)c3ccccc3)cc(=O)n21. The number of ether oxygens (including phenoxy) is 1. The van der Waals surface area contributed by atoms with Crippen molar-refractivity contribution in [3.63, 3.8) is 0 Å². The second kappa shape index (κ2) is 7.23. The van der Waals surface area contributed by atoms with Crippen LogP contribution in [0, 0.1) is 0 Å². The molecule has 1 amide bonds. The fourth-order valence-electron chi connectivity index (χ4n) is 3.47. The van der Waals surface area contributed by atoms with E-state index in [1.54, 1.807) is 22.8 Å². The molecule has 0 radical (unpaired) electrons. The summed E-state index contributed by atoms with van der Waals surface area (Å²) in [6, 6.07) is 9.99. The molecule has 1 N–H and O–H groups in total. The molecule has 2 heterocycles. The van der Waals surface area contributed by atoms with Crippen molar-refractivity contribution in [1.82, 2.24) is 9.88 Å². The van der Waals surface area contributed by atoms with E-state index < -0.39 is 12.0 Å². The number of benzene rings is 1. The summed E-state index contributed by atoms with van der Waals surface area (Å²) in [6.07, 6.45) is 2.13. The Morgan fingerprint density at radius 2 is 2.00 bits per heavy atom. The van der Waals surface area contributed by atoms with E-state index in [2.05, 4.69) is 5.32 Å². The van der Waals surface area contributed by atoms with Crippen molar-refractivity contribution >= 4 is 23.6 Å². The lowest BCUT2D eigenvalue weighted by atomic mass is 10.0. The minimum atomic E-state index is -0.576. The van der Waals surface area contributed by atoms with Crippen LogP contribution in [0.2, 0.25) is 0 Å². The van der Waals surface area contributed by atoms with Gasteiger partial charge < -0.3 is 10.1 Å². The van der Waals surface area contributed by atoms with E-state index in [4.69, 9.17) is 4.74 Å². The molecule has 1 aliphatic carbocycles. The summed E-state index contributed by atoms with van der Waals surface area (Å²) in [5.74, 6) is 0.328. The molecule has 1 aromatic heterocycles. The van der Waals surface area contributed by atoms with Gasteiger partial charge in [0.25, 0.3) is 11.5 Å². The Hall–Kier alpha value is -2.54. The van der Waals surface area contributed by atoms with Crippen molar-refractivity contribution < 1.29 is 14.3 Å². The summed E-state index contributed by atoms with van der Waals surface area (Å²) in [7, 11) is 1.34. The van der Waals surface area contributed by atoms with Crippen molar-refractivity contribution in [2.45, 2.75) is 36.4 Å². The quantitative estimate of drug-likeness (QED) is 0.802. The van der Waals surface area contributed by atoms with Gasteiger partial charge in [-0.1, -0.05) is 18.2 Å².